The minimum atomic E-state index is 0.623. The summed E-state index contributed by atoms with van der Waals surface area (Å²) in [6.07, 6.45) is 1.86. The number of hydrogen-bond donors (Lipinski definition) is 0. The van der Waals surface area contributed by atoms with Crippen molar-refractivity contribution in [2.75, 3.05) is 0 Å². The Bertz CT molecular complexity index is 2540. The van der Waals surface area contributed by atoms with E-state index in [1.54, 1.807) is 11.3 Å². The van der Waals surface area contributed by atoms with Gasteiger partial charge in [0.25, 0.3) is 0 Å². The smallest absolute Gasteiger partial charge is 0.164 e. The molecule has 0 aliphatic rings. The summed E-state index contributed by atoms with van der Waals surface area (Å²) in [6, 6.07) is 53.9. The molecule has 0 aliphatic heterocycles. The van der Waals surface area contributed by atoms with Gasteiger partial charge in [0, 0.05) is 45.0 Å². The van der Waals surface area contributed by atoms with Crippen molar-refractivity contribution in [3.8, 4) is 67.0 Å². The fourth-order valence-electron chi connectivity index (χ4n) is 6.20. The molecule has 0 amide bonds. The highest BCUT2D eigenvalue weighted by molar-refractivity contribution is 7.21. The first-order valence-electron chi connectivity index (χ1n) is 16.1. The van der Waals surface area contributed by atoms with Crippen LogP contribution in [0.3, 0.4) is 0 Å². The number of benzene rings is 6. The highest BCUT2D eigenvalue weighted by Gasteiger charge is 2.18. The molecule has 0 fully saturated rings. The molecular formula is C43H27N5S. The maximum atomic E-state index is 5.21. The van der Waals surface area contributed by atoms with Crippen LogP contribution in [0.4, 0.5) is 0 Å². The molecule has 0 spiro atoms. The summed E-state index contributed by atoms with van der Waals surface area (Å²) in [4.78, 5) is 24.9. The first-order valence-corrected chi connectivity index (χ1v) is 16.9. The van der Waals surface area contributed by atoms with Gasteiger partial charge in [-0.3, -0.25) is 4.98 Å². The summed E-state index contributed by atoms with van der Waals surface area (Å²) in [7, 11) is 0. The molecule has 0 saturated carbocycles. The molecule has 9 rings (SSSR count). The van der Waals surface area contributed by atoms with Gasteiger partial charge in [-0.25, -0.2) is 19.9 Å². The summed E-state index contributed by atoms with van der Waals surface area (Å²) in [6.45, 7) is 0. The maximum Gasteiger partial charge on any atom is 0.164 e. The fraction of sp³-hybridized carbons (Fsp3) is 0. The van der Waals surface area contributed by atoms with Gasteiger partial charge in [-0.15, -0.1) is 11.3 Å². The van der Waals surface area contributed by atoms with Crippen LogP contribution >= 0.6 is 11.3 Å². The number of para-hydroxylation sites is 1. The Labute approximate surface area is 287 Å². The van der Waals surface area contributed by atoms with Gasteiger partial charge in [0.05, 0.1) is 15.7 Å². The van der Waals surface area contributed by atoms with Crippen molar-refractivity contribution in [2.45, 2.75) is 0 Å². The van der Waals surface area contributed by atoms with Crippen LogP contribution in [0.5, 0.6) is 0 Å². The molecule has 0 N–H and O–H groups in total. The minimum absolute atomic E-state index is 0.623. The number of fused-ring (bicyclic) bond motifs is 2. The lowest BCUT2D eigenvalue weighted by Crippen LogP contribution is -2.00. The van der Waals surface area contributed by atoms with Crippen LogP contribution < -0.4 is 0 Å². The molecule has 9 aromatic rings. The topological polar surface area (TPSA) is 64.5 Å². The Morgan fingerprint density at radius 1 is 0.367 bits per heavy atom. The van der Waals surface area contributed by atoms with Gasteiger partial charge in [0.2, 0.25) is 0 Å². The van der Waals surface area contributed by atoms with Gasteiger partial charge >= 0.3 is 0 Å². The number of aromatic nitrogens is 5. The fourth-order valence-corrected chi connectivity index (χ4v) is 7.24. The first kappa shape index (κ1) is 28.8. The van der Waals surface area contributed by atoms with E-state index in [2.05, 4.69) is 84.9 Å². The standard InChI is InChI=1S/C43H27N5S/c1-4-13-29(14-5-1)40-46-41(30-15-6-2-7-16-30)48-42(47-40)33-21-10-20-32(25-33)34-26-36(35-23-11-19-28-22-12-24-44-38(28)35)39-37(27-34)49-43(45-39)31-17-8-3-9-18-31/h1-27H. The van der Waals surface area contributed by atoms with Gasteiger partial charge in [-0.2, -0.15) is 0 Å². The third kappa shape index (κ3) is 5.54. The van der Waals surface area contributed by atoms with Crippen LogP contribution in [0.25, 0.3) is 88.1 Å². The average Bonchev–Trinajstić information content (AvgIpc) is 3.63. The van der Waals surface area contributed by atoms with Gasteiger partial charge in [-0.1, -0.05) is 133 Å². The predicted octanol–water partition coefficient (Wildman–Crippen LogP) is 11.0. The molecule has 49 heavy (non-hydrogen) atoms. The Kier molecular flexibility index (Phi) is 7.26. The van der Waals surface area contributed by atoms with Crippen LogP contribution in [0, 0.1) is 0 Å². The molecule has 0 aliphatic carbocycles. The number of pyridine rings is 1. The number of nitrogens with zero attached hydrogens (tertiary/aromatic N) is 5. The third-order valence-corrected chi connectivity index (χ3v) is 9.64. The van der Waals surface area contributed by atoms with E-state index >= 15 is 0 Å². The Morgan fingerprint density at radius 3 is 1.63 bits per heavy atom. The van der Waals surface area contributed by atoms with Crippen molar-refractivity contribution in [1.82, 2.24) is 24.9 Å². The lowest BCUT2D eigenvalue weighted by molar-refractivity contribution is 1.07. The summed E-state index contributed by atoms with van der Waals surface area (Å²) < 4.78 is 1.11. The second-order valence-corrected chi connectivity index (χ2v) is 12.8. The van der Waals surface area contributed by atoms with E-state index in [0.717, 1.165) is 70.6 Å². The maximum absolute atomic E-state index is 5.21. The van der Waals surface area contributed by atoms with Crippen LogP contribution in [0.1, 0.15) is 0 Å². The highest BCUT2D eigenvalue weighted by Crippen LogP contribution is 2.41. The molecule has 3 heterocycles. The predicted molar refractivity (Wildman–Crippen MR) is 201 cm³/mol. The average molecular weight is 646 g/mol. The number of thiazole rings is 1. The molecule has 0 bridgehead atoms. The summed E-state index contributed by atoms with van der Waals surface area (Å²) in [5.74, 6) is 1.90. The SMILES string of the molecule is c1ccc(-c2nc(-c3ccccc3)nc(-c3cccc(-c4cc(-c5cccc6cccnc56)c5nc(-c6ccccc6)sc5c4)c3)n2)cc1. The largest absolute Gasteiger partial charge is 0.256 e. The Morgan fingerprint density at radius 2 is 0.939 bits per heavy atom. The lowest BCUT2D eigenvalue weighted by atomic mass is 9.95. The quantitative estimate of drug-likeness (QED) is 0.180. The Balaban J connectivity index is 1.23. The van der Waals surface area contributed by atoms with Crippen molar-refractivity contribution in [3.63, 3.8) is 0 Å². The Hall–Kier alpha value is -6.37. The van der Waals surface area contributed by atoms with Gasteiger partial charge in [0.15, 0.2) is 17.5 Å². The van der Waals surface area contributed by atoms with Crippen molar-refractivity contribution < 1.29 is 0 Å². The van der Waals surface area contributed by atoms with E-state index < -0.39 is 0 Å². The molecule has 5 nitrogen and oxygen atoms in total. The van der Waals surface area contributed by atoms with Crippen molar-refractivity contribution in [1.29, 1.82) is 0 Å². The van der Waals surface area contributed by atoms with E-state index in [1.165, 1.54) is 0 Å². The van der Waals surface area contributed by atoms with Gasteiger partial charge in [0.1, 0.15) is 5.01 Å². The van der Waals surface area contributed by atoms with Crippen LogP contribution in [-0.2, 0) is 0 Å². The van der Waals surface area contributed by atoms with Gasteiger partial charge < -0.3 is 0 Å². The highest BCUT2D eigenvalue weighted by atomic mass is 32.1. The molecule has 0 unspecified atom stereocenters. The third-order valence-electron chi connectivity index (χ3n) is 8.59. The zero-order chi connectivity index (χ0) is 32.6. The van der Waals surface area contributed by atoms with E-state index in [-0.39, 0.29) is 0 Å². The molecule has 6 aromatic carbocycles. The minimum Gasteiger partial charge on any atom is -0.256 e. The summed E-state index contributed by atoms with van der Waals surface area (Å²) in [5.41, 5.74) is 10.1. The van der Waals surface area contributed by atoms with Crippen molar-refractivity contribution >= 4 is 32.5 Å². The molecule has 3 aromatic heterocycles. The van der Waals surface area contributed by atoms with Crippen LogP contribution in [-0.4, -0.2) is 24.9 Å². The summed E-state index contributed by atoms with van der Waals surface area (Å²) in [5, 5.41) is 2.08. The second-order valence-electron chi connectivity index (χ2n) is 11.8. The van der Waals surface area contributed by atoms with E-state index in [0.29, 0.717) is 17.5 Å². The molecule has 0 radical (unpaired) electrons. The lowest BCUT2D eigenvalue weighted by Gasteiger charge is -2.12. The van der Waals surface area contributed by atoms with E-state index in [9.17, 15) is 0 Å². The molecule has 0 saturated heterocycles. The zero-order valence-corrected chi connectivity index (χ0v) is 27.0. The van der Waals surface area contributed by atoms with Crippen molar-refractivity contribution in [2.24, 2.45) is 0 Å². The van der Waals surface area contributed by atoms with Crippen molar-refractivity contribution in [3.05, 3.63) is 164 Å². The zero-order valence-electron chi connectivity index (χ0n) is 26.2. The van der Waals surface area contributed by atoms with E-state index in [4.69, 9.17) is 24.9 Å². The number of rotatable bonds is 6. The normalized spacial score (nSPS) is 11.3. The summed E-state index contributed by atoms with van der Waals surface area (Å²) >= 11 is 1.71. The number of hydrogen-bond acceptors (Lipinski definition) is 6. The van der Waals surface area contributed by atoms with Gasteiger partial charge in [-0.05, 0) is 35.4 Å². The van der Waals surface area contributed by atoms with Crippen LogP contribution in [0.2, 0.25) is 0 Å². The second kappa shape index (κ2) is 12.3. The monoisotopic (exact) mass is 645 g/mol. The molecule has 230 valence electrons. The molecule has 0 atom stereocenters. The van der Waals surface area contributed by atoms with Crippen LogP contribution in [0.15, 0.2) is 164 Å². The molecular weight excluding hydrogens is 619 g/mol. The first-order chi connectivity index (χ1) is 24.3. The molecule has 6 heteroatoms. The van der Waals surface area contributed by atoms with E-state index in [1.807, 2.05) is 79.0 Å².